The Morgan fingerprint density at radius 1 is 1.50 bits per heavy atom. The van der Waals surface area contributed by atoms with Gasteiger partial charge in [0.15, 0.2) is 0 Å². The van der Waals surface area contributed by atoms with Crippen molar-refractivity contribution in [3.8, 4) is 0 Å². The van der Waals surface area contributed by atoms with E-state index in [2.05, 4.69) is 0 Å². The Labute approximate surface area is 126 Å². The standard InChI is InChI=1S/C16H23ClN2O/c1-12(18)14-6-4-10-19(11-14)16(20)9-8-13-5-2-3-7-15(13)17/h2-3,5,7,12,14H,4,6,8-11,18H2,1H3/t12-,14+/m1/s1. The topological polar surface area (TPSA) is 46.3 Å². The molecule has 0 spiro atoms. The van der Waals surface area contributed by atoms with Gasteiger partial charge >= 0.3 is 0 Å². The molecule has 0 unspecified atom stereocenters. The van der Waals surface area contributed by atoms with Gasteiger partial charge in [0.2, 0.25) is 5.91 Å². The summed E-state index contributed by atoms with van der Waals surface area (Å²) in [6.07, 6.45) is 3.42. The molecule has 2 rings (SSSR count). The number of aryl methyl sites for hydroxylation is 1. The smallest absolute Gasteiger partial charge is 0.222 e. The molecule has 2 N–H and O–H groups in total. The van der Waals surface area contributed by atoms with Gasteiger partial charge in [0.05, 0.1) is 0 Å². The van der Waals surface area contributed by atoms with Crippen LogP contribution < -0.4 is 5.73 Å². The third-order valence-electron chi connectivity index (χ3n) is 4.12. The molecule has 1 aliphatic heterocycles. The lowest BCUT2D eigenvalue weighted by Gasteiger charge is -2.34. The van der Waals surface area contributed by atoms with Crippen LogP contribution in [0, 0.1) is 5.92 Å². The summed E-state index contributed by atoms with van der Waals surface area (Å²) < 4.78 is 0. The number of amides is 1. The molecule has 1 amide bonds. The first-order valence-corrected chi connectivity index (χ1v) is 7.72. The summed E-state index contributed by atoms with van der Waals surface area (Å²) in [6.45, 7) is 3.70. The highest BCUT2D eigenvalue weighted by atomic mass is 35.5. The van der Waals surface area contributed by atoms with Crippen molar-refractivity contribution >= 4 is 17.5 Å². The lowest BCUT2D eigenvalue weighted by Crippen LogP contribution is -2.45. The van der Waals surface area contributed by atoms with Crippen LogP contribution in [-0.2, 0) is 11.2 Å². The Hall–Kier alpha value is -1.06. The Bertz CT molecular complexity index is 462. The summed E-state index contributed by atoms with van der Waals surface area (Å²) in [5, 5.41) is 0.743. The fourth-order valence-corrected chi connectivity index (χ4v) is 3.00. The number of nitrogens with two attached hydrogens (primary N) is 1. The predicted octanol–water partition coefficient (Wildman–Crippen LogP) is 2.86. The second kappa shape index (κ2) is 7.09. The van der Waals surface area contributed by atoms with E-state index in [1.807, 2.05) is 36.1 Å². The molecule has 0 saturated carbocycles. The molecular weight excluding hydrogens is 272 g/mol. The van der Waals surface area contributed by atoms with Gasteiger partial charge in [-0.25, -0.2) is 0 Å². The molecule has 4 heteroatoms. The van der Waals surface area contributed by atoms with Crippen molar-refractivity contribution in [1.29, 1.82) is 0 Å². The number of piperidine rings is 1. The number of hydrogen-bond acceptors (Lipinski definition) is 2. The van der Waals surface area contributed by atoms with E-state index in [1.165, 1.54) is 0 Å². The van der Waals surface area contributed by atoms with Gasteiger partial charge in [-0.15, -0.1) is 0 Å². The SMILES string of the molecule is C[C@@H](N)[C@H]1CCCN(C(=O)CCc2ccccc2Cl)C1. The van der Waals surface area contributed by atoms with E-state index in [9.17, 15) is 4.79 Å². The zero-order chi connectivity index (χ0) is 14.5. The van der Waals surface area contributed by atoms with E-state index in [4.69, 9.17) is 17.3 Å². The number of rotatable bonds is 4. The van der Waals surface area contributed by atoms with Gasteiger partial charge in [-0.05, 0) is 43.7 Å². The number of likely N-dealkylation sites (tertiary alicyclic amines) is 1. The quantitative estimate of drug-likeness (QED) is 0.928. The van der Waals surface area contributed by atoms with E-state index in [0.717, 1.165) is 36.5 Å². The first kappa shape index (κ1) is 15.3. The number of nitrogens with zero attached hydrogens (tertiary/aromatic N) is 1. The number of halogens is 1. The Morgan fingerprint density at radius 2 is 2.25 bits per heavy atom. The molecule has 110 valence electrons. The molecular formula is C16H23ClN2O. The first-order valence-electron chi connectivity index (χ1n) is 7.34. The molecule has 0 bridgehead atoms. The van der Waals surface area contributed by atoms with Crippen LogP contribution in [0.5, 0.6) is 0 Å². The first-order chi connectivity index (χ1) is 9.58. The van der Waals surface area contributed by atoms with E-state index in [-0.39, 0.29) is 11.9 Å². The van der Waals surface area contributed by atoms with Crippen LogP contribution in [0.15, 0.2) is 24.3 Å². The molecule has 1 aromatic carbocycles. The van der Waals surface area contributed by atoms with Crippen LogP contribution in [0.4, 0.5) is 0 Å². The summed E-state index contributed by atoms with van der Waals surface area (Å²) in [5.74, 6) is 0.656. The minimum atomic E-state index is 0.161. The summed E-state index contributed by atoms with van der Waals surface area (Å²) in [7, 11) is 0. The molecule has 1 fully saturated rings. The highest BCUT2D eigenvalue weighted by Gasteiger charge is 2.25. The largest absolute Gasteiger partial charge is 0.342 e. The molecule has 1 heterocycles. The van der Waals surface area contributed by atoms with E-state index >= 15 is 0 Å². The summed E-state index contributed by atoms with van der Waals surface area (Å²) in [6, 6.07) is 7.88. The third kappa shape index (κ3) is 3.97. The zero-order valence-electron chi connectivity index (χ0n) is 12.0. The van der Waals surface area contributed by atoms with Gasteiger partial charge in [-0.3, -0.25) is 4.79 Å². The average molecular weight is 295 g/mol. The van der Waals surface area contributed by atoms with Crippen molar-refractivity contribution in [3.05, 3.63) is 34.9 Å². The predicted molar refractivity (Wildman–Crippen MR) is 82.7 cm³/mol. The summed E-state index contributed by atoms with van der Waals surface area (Å²) in [5.41, 5.74) is 7.00. The fraction of sp³-hybridized carbons (Fsp3) is 0.562. The van der Waals surface area contributed by atoms with Crippen LogP contribution in [0.2, 0.25) is 5.02 Å². The number of carbonyl (C=O) groups is 1. The van der Waals surface area contributed by atoms with Gasteiger partial charge in [-0.2, -0.15) is 0 Å². The molecule has 3 nitrogen and oxygen atoms in total. The number of carbonyl (C=O) groups excluding carboxylic acids is 1. The molecule has 2 atom stereocenters. The number of hydrogen-bond donors (Lipinski definition) is 1. The highest BCUT2D eigenvalue weighted by Crippen LogP contribution is 2.21. The zero-order valence-corrected chi connectivity index (χ0v) is 12.8. The monoisotopic (exact) mass is 294 g/mol. The Morgan fingerprint density at radius 3 is 2.95 bits per heavy atom. The van der Waals surface area contributed by atoms with E-state index < -0.39 is 0 Å². The minimum absolute atomic E-state index is 0.161. The lowest BCUT2D eigenvalue weighted by atomic mass is 9.92. The highest BCUT2D eigenvalue weighted by molar-refractivity contribution is 6.31. The molecule has 20 heavy (non-hydrogen) atoms. The lowest BCUT2D eigenvalue weighted by molar-refractivity contribution is -0.133. The third-order valence-corrected chi connectivity index (χ3v) is 4.49. The summed E-state index contributed by atoms with van der Waals surface area (Å²) in [4.78, 5) is 14.3. The van der Waals surface area contributed by atoms with E-state index in [1.54, 1.807) is 0 Å². The average Bonchev–Trinajstić information content (AvgIpc) is 2.46. The Kier molecular flexibility index (Phi) is 5.44. The normalized spacial score (nSPS) is 20.8. The van der Waals surface area contributed by atoms with Crippen molar-refractivity contribution in [2.24, 2.45) is 11.7 Å². The van der Waals surface area contributed by atoms with Crippen molar-refractivity contribution in [2.75, 3.05) is 13.1 Å². The van der Waals surface area contributed by atoms with Gasteiger partial charge < -0.3 is 10.6 Å². The van der Waals surface area contributed by atoms with Crippen LogP contribution in [0.1, 0.15) is 31.7 Å². The minimum Gasteiger partial charge on any atom is -0.342 e. The van der Waals surface area contributed by atoms with Crippen molar-refractivity contribution in [1.82, 2.24) is 4.90 Å². The number of benzene rings is 1. The maximum Gasteiger partial charge on any atom is 0.222 e. The van der Waals surface area contributed by atoms with Crippen molar-refractivity contribution in [3.63, 3.8) is 0 Å². The molecule has 1 aliphatic rings. The van der Waals surface area contributed by atoms with Crippen LogP contribution in [-0.4, -0.2) is 29.9 Å². The summed E-state index contributed by atoms with van der Waals surface area (Å²) >= 11 is 6.12. The van der Waals surface area contributed by atoms with Crippen LogP contribution >= 0.6 is 11.6 Å². The molecule has 0 aromatic heterocycles. The maximum atomic E-state index is 12.3. The van der Waals surface area contributed by atoms with Gasteiger partial charge in [0, 0.05) is 30.6 Å². The van der Waals surface area contributed by atoms with Crippen molar-refractivity contribution < 1.29 is 4.79 Å². The van der Waals surface area contributed by atoms with E-state index in [0.29, 0.717) is 18.8 Å². The Balaban J connectivity index is 1.87. The second-order valence-electron chi connectivity index (χ2n) is 5.69. The molecule has 0 aliphatic carbocycles. The van der Waals surface area contributed by atoms with Gasteiger partial charge in [-0.1, -0.05) is 29.8 Å². The van der Waals surface area contributed by atoms with Crippen LogP contribution in [0.25, 0.3) is 0 Å². The van der Waals surface area contributed by atoms with Crippen molar-refractivity contribution in [2.45, 2.75) is 38.6 Å². The van der Waals surface area contributed by atoms with Gasteiger partial charge in [0.1, 0.15) is 0 Å². The fourth-order valence-electron chi connectivity index (χ4n) is 2.77. The second-order valence-corrected chi connectivity index (χ2v) is 6.10. The maximum absolute atomic E-state index is 12.3. The van der Waals surface area contributed by atoms with Gasteiger partial charge in [0.25, 0.3) is 0 Å². The molecule has 1 saturated heterocycles. The molecule has 1 aromatic rings. The van der Waals surface area contributed by atoms with Crippen LogP contribution in [0.3, 0.4) is 0 Å². The molecule has 0 radical (unpaired) electrons.